The number of aromatic nitrogens is 2. The van der Waals surface area contributed by atoms with Crippen LogP contribution in [-0.4, -0.2) is 9.78 Å². The van der Waals surface area contributed by atoms with Crippen molar-refractivity contribution in [2.75, 3.05) is 0 Å². The zero-order valence-corrected chi connectivity index (χ0v) is 11.3. The van der Waals surface area contributed by atoms with E-state index in [1.54, 1.807) is 0 Å². The Hall–Kier alpha value is -1.60. The third-order valence-electron chi connectivity index (χ3n) is 2.69. The van der Waals surface area contributed by atoms with Gasteiger partial charge in [-0.1, -0.05) is 22.0 Å². The summed E-state index contributed by atoms with van der Waals surface area (Å²) < 4.78 is 2.87. The Labute approximate surface area is 109 Å². The molecule has 0 aliphatic heterocycles. The Morgan fingerprint density at radius 1 is 1.41 bits per heavy atom. The molecule has 0 fully saturated rings. The van der Waals surface area contributed by atoms with Crippen molar-refractivity contribution in [1.29, 1.82) is 5.26 Å². The number of rotatable bonds is 2. The van der Waals surface area contributed by atoms with Crippen molar-refractivity contribution in [3.05, 3.63) is 45.7 Å². The molecule has 0 bridgehead atoms. The van der Waals surface area contributed by atoms with Gasteiger partial charge in [-0.15, -0.1) is 0 Å². The van der Waals surface area contributed by atoms with Gasteiger partial charge < -0.3 is 0 Å². The van der Waals surface area contributed by atoms with Gasteiger partial charge in [0.05, 0.1) is 23.9 Å². The molecule has 0 N–H and O–H groups in total. The third kappa shape index (κ3) is 2.40. The molecule has 0 radical (unpaired) electrons. The molecule has 0 amide bonds. The summed E-state index contributed by atoms with van der Waals surface area (Å²) in [5.74, 6) is 0. The van der Waals surface area contributed by atoms with E-state index in [0.717, 1.165) is 21.4 Å². The van der Waals surface area contributed by atoms with E-state index in [2.05, 4.69) is 27.1 Å². The molecule has 0 unspecified atom stereocenters. The van der Waals surface area contributed by atoms with E-state index in [9.17, 15) is 0 Å². The smallest absolute Gasteiger partial charge is 0.0671 e. The first-order chi connectivity index (χ1) is 8.11. The van der Waals surface area contributed by atoms with Crippen molar-refractivity contribution in [3.63, 3.8) is 0 Å². The van der Waals surface area contributed by atoms with Gasteiger partial charge in [-0.3, -0.25) is 0 Å². The molecule has 17 heavy (non-hydrogen) atoms. The number of nitriles is 1. The van der Waals surface area contributed by atoms with Gasteiger partial charge in [0, 0.05) is 16.2 Å². The van der Waals surface area contributed by atoms with Crippen molar-refractivity contribution < 1.29 is 0 Å². The molecule has 3 nitrogen and oxygen atoms in total. The quantitative estimate of drug-likeness (QED) is 0.851. The average Bonchev–Trinajstić information content (AvgIpc) is 2.65. The fourth-order valence-corrected chi connectivity index (χ4v) is 1.98. The molecule has 2 aromatic rings. The summed E-state index contributed by atoms with van der Waals surface area (Å²) in [6.45, 7) is 3.97. The Morgan fingerprint density at radius 3 is 2.82 bits per heavy atom. The maximum atomic E-state index is 8.71. The first-order valence-corrected chi connectivity index (χ1v) is 6.09. The van der Waals surface area contributed by atoms with E-state index in [1.807, 2.05) is 42.9 Å². The van der Waals surface area contributed by atoms with E-state index < -0.39 is 0 Å². The normalized spacial score (nSPS) is 10.2. The lowest BCUT2D eigenvalue weighted by Crippen LogP contribution is -1.95. The van der Waals surface area contributed by atoms with Crippen molar-refractivity contribution in [1.82, 2.24) is 9.78 Å². The molecular weight excluding hydrogens is 278 g/mol. The molecule has 1 heterocycles. The molecule has 1 aromatic heterocycles. The van der Waals surface area contributed by atoms with Crippen LogP contribution in [0.4, 0.5) is 0 Å². The molecule has 0 saturated carbocycles. The predicted molar refractivity (Wildman–Crippen MR) is 70.1 cm³/mol. The summed E-state index contributed by atoms with van der Waals surface area (Å²) in [6.07, 6.45) is 2.31. The van der Waals surface area contributed by atoms with Crippen LogP contribution in [0.2, 0.25) is 0 Å². The largest absolute Gasteiger partial charge is 0.240 e. The summed E-state index contributed by atoms with van der Waals surface area (Å²) in [5, 5.41) is 13.1. The third-order valence-corrected chi connectivity index (χ3v) is 3.54. The van der Waals surface area contributed by atoms with Gasteiger partial charge in [0.15, 0.2) is 0 Å². The van der Waals surface area contributed by atoms with Gasteiger partial charge in [0.1, 0.15) is 0 Å². The van der Waals surface area contributed by atoms with Gasteiger partial charge in [-0.05, 0) is 31.5 Å². The van der Waals surface area contributed by atoms with Crippen LogP contribution in [0.3, 0.4) is 0 Å². The van der Waals surface area contributed by atoms with Gasteiger partial charge in [0.2, 0.25) is 0 Å². The SMILES string of the molecule is Cc1ccc(-n2cc(CC#N)c(C)n2)cc1Br. The number of hydrogen-bond donors (Lipinski definition) is 0. The zero-order chi connectivity index (χ0) is 12.4. The molecule has 2 rings (SSSR count). The Balaban J connectivity index is 2.43. The highest BCUT2D eigenvalue weighted by molar-refractivity contribution is 9.10. The van der Waals surface area contributed by atoms with Crippen molar-refractivity contribution >= 4 is 15.9 Å². The molecule has 4 heteroatoms. The van der Waals surface area contributed by atoms with E-state index >= 15 is 0 Å². The number of nitrogens with zero attached hydrogens (tertiary/aromatic N) is 3. The number of benzene rings is 1. The molecule has 0 aliphatic carbocycles. The van der Waals surface area contributed by atoms with E-state index in [4.69, 9.17) is 5.26 Å². The summed E-state index contributed by atoms with van der Waals surface area (Å²) in [5.41, 5.74) is 4.07. The van der Waals surface area contributed by atoms with Crippen LogP contribution >= 0.6 is 15.9 Å². The van der Waals surface area contributed by atoms with Crippen LogP contribution in [0, 0.1) is 25.2 Å². The average molecular weight is 290 g/mol. The standard InChI is InChI=1S/C13H12BrN3/c1-9-3-4-12(7-13(9)14)17-8-11(5-6-15)10(2)16-17/h3-4,7-8H,5H2,1-2H3. The van der Waals surface area contributed by atoms with Crippen LogP contribution in [-0.2, 0) is 6.42 Å². The van der Waals surface area contributed by atoms with Crippen molar-refractivity contribution in [2.24, 2.45) is 0 Å². The molecular formula is C13H12BrN3. The lowest BCUT2D eigenvalue weighted by Gasteiger charge is -2.03. The molecule has 86 valence electrons. The minimum Gasteiger partial charge on any atom is -0.240 e. The van der Waals surface area contributed by atoms with E-state index in [0.29, 0.717) is 6.42 Å². The lowest BCUT2D eigenvalue weighted by atomic mass is 10.2. The summed E-state index contributed by atoms with van der Waals surface area (Å²) in [7, 11) is 0. The topological polar surface area (TPSA) is 41.6 Å². The van der Waals surface area contributed by atoms with Crippen LogP contribution in [0.1, 0.15) is 16.8 Å². The second kappa shape index (κ2) is 4.72. The van der Waals surface area contributed by atoms with Crippen molar-refractivity contribution in [3.8, 4) is 11.8 Å². The van der Waals surface area contributed by atoms with Gasteiger partial charge >= 0.3 is 0 Å². The fraction of sp³-hybridized carbons (Fsp3) is 0.231. The fourth-order valence-electron chi connectivity index (χ4n) is 1.61. The molecule has 0 aliphatic rings. The molecule has 0 saturated heterocycles. The minimum absolute atomic E-state index is 0.402. The Bertz CT molecular complexity index is 593. The van der Waals surface area contributed by atoms with Crippen molar-refractivity contribution in [2.45, 2.75) is 20.3 Å². The Kier molecular flexibility index (Phi) is 3.30. The highest BCUT2D eigenvalue weighted by Crippen LogP contribution is 2.20. The van der Waals surface area contributed by atoms with Gasteiger partial charge in [-0.2, -0.15) is 10.4 Å². The first kappa shape index (κ1) is 11.9. The number of halogens is 1. The van der Waals surface area contributed by atoms with Crippen LogP contribution < -0.4 is 0 Å². The monoisotopic (exact) mass is 289 g/mol. The summed E-state index contributed by atoms with van der Waals surface area (Å²) in [6, 6.07) is 8.23. The Morgan fingerprint density at radius 2 is 2.18 bits per heavy atom. The number of aryl methyl sites for hydroxylation is 2. The maximum absolute atomic E-state index is 8.71. The highest BCUT2D eigenvalue weighted by Gasteiger charge is 2.06. The predicted octanol–water partition coefficient (Wildman–Crippen LogP) is 3.32. The minimum atomic E-state index is 0.402. The molecule has 0 spiro atoms. The molecule has 0 atom stereocenters. The van der Waals surface area contributed by atoms with Crippen LogP contribution in [0.5, 0.6) is 0 Å². The molecule has 1 aromatic carbocycles. The second-order valence-corrected chi connectivity index (χ2v) is 4.81. The summed E-state index contributed by atoms with van der Waals surface area (Å²) >= 11 is 3.51. The van der Waals surface area contributed by atoms with E-state index in [-0.39, 0.29) is 0 Å². The van der Waals surface area contributed by atoms with Crippen LogP contribution in [0.15, 0.2) is 28.9 Å². The van der Waals surface area contributed by atoms with Gasteiger partial charge in [-0.25, -0.2) is 4.68 Å². The maximum Gasteiger partial charge on any atom is 0.0671 e. The van der Waals surface area contributed by atoms with Gasteiger partial charge in [0.25, 0.3) is 0 Å². The second-order valence-electron chi connectivity index (χ2n) is 3.95. The summed E-state index contributed by atoms with van der Waals surface area (Å²) in [4.78, 5) is 0. The first-order valence-electron chi connectivity index (χ1n) is 5.30. The highest BCUT2D eigenvalue weighted by atomic mass is 79.9. The van der Waals surface area contributed by atoms with Crippen LogP contribution in [0.25, 0.3) is 5.69 Å². The van der Waals surface area contributed by atoms with E-state index in [1.165, 1.54) is 5.56 Å². The zero-order valence-electron chi connectivity index (χ0n) is 9.74. The number of hydrogen-bond acceptors (Lipinski definition) is 2. The lowest BCUT2D eigenvalue weighted by molar-refractivity contribution is 0.861.